The standard InChI is InChI=1S/C16H20N2O2.2C14H20N2.C12H12N2O.C11H8Cl2N2/c1-3-19-16(20-4-2)14-8-5-13(6-9-14)7-10-15-11-12-17-18-15;2*1-11-5-4-9-14(2,3)13(11)7-6-12-8-10-15-16-12;1-15-12-6-3-10(4-7-12)2-5-11-8-9-13-14-11;12-10-2-1-3-11(13)9(10)5-4-8-6-7-14-15-8/h5-12,16H,3-4H2,1-2H3,(H,17,18);2*5-8,10,13H,4,9H2,1-3H3,(H,15,16);2-9H,1H3,(H,13,14);1-7H,(H,14,15)/b10-7+;2*7-6+;5-2+;5-4+. The van der Waals surface area contributed by atoms with Gasteiger partial charge in [0.15, 0.2) is 6.29 Å². The molecular weight excluding hydrogens is 1060 g/mol. The molecule has 2 atom stereocenters. The molecule has 5 heterocycles. The molecule has 0 radical (unpaired) electrons. The molecule has 0 saturated carbocycles. The van der Waals surface area contributed by atoms with Gasteiger partial charge in [-0.25, -0.2) is 0 Å². The Hall–Kier alpha value is -7.81. The van der Waals surface area contributed by atoms with Crippen molar-refractivity contribution in [2.75, 3.05) is 20.3 Å². The molecule has 2 aliphatic rings. The molecule has 0 bridgehead atoms. The van der Waals surface area contributed by atoms with Crippen LogP contribution < -0.4 is 4.74 Å². The van der Waals surface area contributed by atoms with Gasteiger partial charge in [0.1, 0.15) is 5.75 Å². The van der Waals surface area contributed by atoms with Crippen LogP contribution in [-0.2, 0) is 9.47 Å². The Bertz CT molecular complexity index is 3140. The van der Waals surface area contributed by atoms with Crippen LogP contribution >= 0.6 is 23.2 Å². The van der Waals surface area contributed by atoms with Gasteiger partial charge in [-0.1, -0.05) is 141 Å². The second-order valence-corrected chi connectivity index (χ2v) is 21.8. The third-order valence-electron chi connectivity index (χ3n) is 14.0. The average Bonchev–Trinajstić information content (AvgIpc) is 4.48. The van der Waals surface area contributed by atoms with Gasteiger partial charge in [0.2, 0.25) is 0 Å². The van der Waals surface area contributed by atoms with Gasteiger partial charge in [-0.05, 0) is 166 Å². The molecule has 82 heavy (non-hydrogen) atoms. The molecule has 15 heteroatoms. The van der Waals surface area contributed by atoms with Crippen LogP contribution in [0.25, 0.3) is 48.6 Å². The molecule has 0 saturated heterocycles. The molecule has 3 aromatic carbocycles. The zero-order valence-electron chi connectivity index (χ0n) is 48.7. The largest absolute Gasteiger partial charge is 0.497 e. The smallest absolute Gasteiger partial charge is 0.183 e. The summed E-state index contributed by atoms with van der Waals surface area (Å²) in [5.41, 5.74) is 12.9. The third-order valence-corrected chi connectivity index (χ3v) is 14.7. The summed E-state index contributed by atoms with van der Waals surface area (Å²) in [6, 6.07) is 31.2. The van der Waals surface area contributed by atoms with Gasteiger partial charge in [0.05, 0.1) is 35.6 Å². The SMILES string of the molecule is CC1=CCCC(C)(C)C1/C=C/c1ccn[nH]1.CC1=CCCC(C)(C)C1/C=C/c1ccn[nH]1.CCOC(OCC)c1ccc(/C=C/c2ccn[nH]2)cc1.COc1ccc(/C=C/c2ccn[nH]2)cc1.Clc1cccc(Cl)c1/C=C/c1ccn[nH]1. The molecular formula is C67H80Cl2N10O3. The van der Waals surface area contributed by atoms with Crippen molar-refractivity contribution in [1.29, 1.82) is 0 Å². The summed E-state index contributed by atoms with van der Waals surface area (Å²) in [6.07, 6.45) is 38.8. The van der Waals surface area contributed by atoms with Gasteiger partial charge in [-0.2, -0.15) is 25.5 Å². The Kier molecular flexibility index (Phi) is 25.7. The molecule has 0 fully saturated rings. The zero-order chi connectivity index (χ0) is 58.6. The van der Waals surface area contributed by atoms with Gasteiger partial charge in [-0.15, -0.1) is 0 Å². The number of nitrogens with zero attached hydrogens (tertiary/aromatic N) is 5. The van der Waals surface area contributed by atoms with Crippen molar-refractivity contribution in [3.63, 3.8) is 0 Å². The monoisotopic (exact) mass is 1140 g/mol. The molecule has 5 aromatic heterocycles. The summed E-state index contributed by atoms with van der Waals surface area (Å²) in [4.78, 5) is 0. The zero-order valence-corrected chi connectivity index (χ0v) is 50.3. The van der Waals surface area contributed by atoms with Crippen LogP contribution in [0.3, 0.4) is 0 Å². The lowest BCUT2D eigenvalue weighted by molar-refractivity contribution is -0.140. The van der Waals surface area contributed by atoms with Crippen LogP contribution in [0.5, 0.6) is 5.75 Å². The number of methoxy groups -OCH3 is 1. The maximum atomic E-state index is 6.01. The second-order valence-electron chi connectivity index (χ2n) is 21.0. The van der Waals surface area contributed by atoms with E-state index in [9.17, 15) is 0 Å². The number of ether oxygens (including phenoxy) is 3. The molecule has 0 amide bonds. The van der Waals surface area contributed by atoms with Crippen LogP contribution in [-0.4, -0.2) is 71.3 Å². The molecule has 8 aromatic rings. The number of benzene rings is 3. The van der Waals surface area contributed by atoms with E-state index in [0.717, 1.165) is 56.5 Å². The lowest BCUT2D eigenvalue weighted by Crippen LogP contribution is -2.26. The lowest BCUT2D eigenvalue weighted by atomic mass is 9.68. The van der Waals surface area contributed by atoms with Gasteiger partial charge in [0, 0.05) is 77.2 Å². The van der Waals surface area contributed by atoms with Crippen molar-refractivity contribution in [2.24, 2.45) is 22.7 Å². The summed E-state index contributed by atoms with van der Waals surface area (Å²) in [5, 5.41) is 35.3. The summed E-state index contributed by atoms with van der Waals surface area (Å²) in [6.45, 7) is 19.1. The number of H-pyrrole nitrogens is 5. The van der Waals surface area contributed by atoms with E-state index < -0.39 is 0 Å². The normalized spacial score (nSPS) is 16.4. The molecule has 2 aliphatic carbocycles. The van der Waals surface area contributed by atoms with E-state index in [0.29, 0.717) is 45.9 Å². The Morgan fingerprint density at radius 1 is 0.500 bits per heavy atom. The van der Waals surface area contributed by atoms with Gasteiger partial charge in [0.25, 0.3) is 0 Å². The van der Waals surface area contributed by atoms with Crippen LogP contribution in [0.1, 0.15) is 138 Å². The molecule has 0 aliphatic heterocycles. The van der Waals surface area contributed by atoms with E-state index >= 15 is 0 Å². The Morgan fingerprint density at radius 3 is 1.21 bits per heavy atom. The minimum Gasteiger partial charge on any atom is -0.497 e. The quantitative estimate of drug-likeness (QED) is 0.0470. The Balaban J connectivity index is 0.000000165. The third kappa shape index (κ3) is 20.9. The molecule has 0 spiro atoms. The first kappa shape index (κ1) is 63.4. The van der Waals surface area contributed by atoms with Crippen molar-refractivity contribution < 1.29 is 14.2 Å². The van der Waals surface area contributed by atoms with E-state index in [-0.39, 0.29) is 6.29 Å². The fraction of sp³-hybridized carbons (Fsp3) is 0.299. The summed E-state index contributed by atoms with van der Waals surface area (Å²) >= 11 is 12.0. The van der Waals surface area contributed by atoms with E-state index in [4.69, 9.17) is 37.4 Å². The first-order chi connectivity index (χ1) is 39.7. The number of allylic oxidation sites excluding steroid dienone is 6. The maximum absolute atomic E-state index is 6.01. The Morgan fingerprint density at radius 2 is 0.866 bits per heavy atom. The highest BCUT2D eigenvalue weighted by atomic mass is 35.5. The molecule has 430 valence electrons. The first-order valence-electron chi connectivity index (χ1n) is 27.8. The number of halogens is 2. The minimum absolute atomic E-state index is 0.282. The molecule has 5 N–H and O–H groups in total. The van der Waals surface area contributed by atoms with Crippen LogP contribution in [0.15, 0.2) is 163 Å². The van der Waals surface area contributed by atoms with Crippen molar-refractivity contribution in [3.05, 3.63) is 224 Å². The van der Waals surface area contributed by atoms with Crippen LogP contribution in [0, 0.1) is 22.7 Å². The first-order valence-corrected chi connectivity index (χ1v) is 28.6. The van der Waals surface area contributed by atoms with E-state index in [1.54, 1.807) is 50.2 Å². The van der Waals surface area contributed by atoms with Gasteiger partial charge < -0.3 is 14.2 Å². The maximum Gasteiger partial charge on any atom is 0.183 e. The molecule has 10 rings (SSSR count). The fourth-order valence-corrected chi connectivity index (χ4v) is 9.92. The fourth-order valence-electron chi connectivity index (χ4n) is 9.40. The van der Waals surface area contributed by atoms with Crippen molar-refractivity contribution in [1.82, 2.24) is 51.0 Å². The van der Waals surface area contributed by atoms with Crippen molar-refractivity contribution >= 4 is 71.8 Å². The highest BCUT2D eigenvalue weighted by Crippen LogP contribution is 2.43. The number of rotatable bonds is 16. The van der Waals surface area contributed by atoms with Gasteiger partial charge >= 0.3 is 0 Å². The summed E-state index contributed by atoms with van der Waals surface area (Å²) in [7, 11) is 1.66. The molecule has 2 unspecified atom stereocenters. The van der Waals surface area contributed by atoms with Crippen molar-refractivity contribution in [3.8, 4) is 5.75 Å². The lowest BCUT2D eigenvalue weighted by Gasteiger charge is -2.36. The number of hydrogen-bond donors (Lipinski definition) is 5. The van der Waals surface area contributed by atoms with Gasteiger partial charge in [-0.3, -0.25) is 25.5 Å². The summed E-state index contributed by atoms with van der Waals surface area (Å²) in [5.74, 6) is 1.96. The molecule has 13 nitrogen and oxygen atoms in total. The number of aromatic amines is 5. The number of hydrogen-bond acceptors (Lipinski definition) is 8. The highest BCUT2D eigenvalue weighted by Gasteiger charge is 2.31. The predicted octanol–water partition coefficient (Wildman–Crippen LogP) is 17.7. The summed E-state index contributed by atoms with van der Waals surface area (Å²) < 4.78 is 16.2. The van der Waals surface area contributed by atoms with E-state index in [1.807, 2.05) is 135 Å². The Labute approximate surface area is 494 Å². The van der Waals surface area contributed by atoms with E-state index in [1.165, 1.54) is 36.8 Å². The topological polar surface area (TPSA) is 171 Å². The van der Waals surface area contributed by atoms with Crippen molar-refractivity contribution in [2.45, 2.75) is 87.4 Å². The van der Waals surface area contributed by atoms with Crippen LogP contribution in [0.2, 0.25) is 10.0 Å². The average molecular weight is 1140 g/mol. The number of nitrogens with one attached hydrogen (secondary N) is 5. The van der Waals surface area contributed by atoms with Crippen LogP contribution in [0.4, 0.5) is 0 Å². The van der Waals surface area contributed by atoms with E-state index in [2.05, 4.69) is 129 Å². The minimum atomic E-state index is -0.282. The predicted molar refractivity (Wildman–Crippen MR) is 340 cm³/mol. The number of aromatic nitrogens is 10. The highest BCUT2D eigenvalue weighted by molar-refractivity contribution is 6.37. The second kappa shape index (κ2) is 33.2.